The lowest BCUT2D eigenvalue weighted by Gasteiger charge is -2.39. The summed E-state index contributed by atoms with van der Waals surface area (Å²) in [6.45, 7) is 5.68. The van der Waals surface area contributed by atoms with Gasteiger partial charge >= 0.3 is 11.7 Å². The lowest BCUT2D eigenvalue weighted by Crippen LogP contribution is -2.50. The molecule has 28 heavy (non-hydrogen) atoms. The number of hydrogen-bond acceptors (Lipinski definition) is 5. The van der Waals surface area contributed by atoms with Gasteiger partial charge < -0.3 is 18.8 Å². The second kappa shape index (κ2) is 7.10. The topological polar surface area (TPSA) is 69.0 Å². The number of nitrogens with zero attached hydrogens (tertiary/aromatic N) is 1. The molecule has 6 nitrogen and oxygen atoms in total. The molecule has 1 unspecified atom stereocenters. The Balaban J connectivity index is 1.47. The van der Waals surface area contributed by atoms with E-state index in [0.717, 1.165) is 36.8 Å². The molecular formula is C21H24BrNO5. The predicted octanol–water partition coefficient (Wildman–Crippen LogP) is 4.86. The summed E-state index contributed by atoms with van der Waals surface area (Å²) >= 11 is 3.21. The molecule has 0 N–H and O–H groups in total. The van der Waals surface area contributed by atoms with Crippen LogP contribution < -0.4 is 10.4 Å². The molecule has 150 valence electrons. The van der Waals surface area contributed by atoms with E-state index in [0.29, 0.717) is 10.1 Å². The van der Waals surface area contributed by atoms with Gasteiger partial charge in [-0.05, 0) is 73.8 Å². The molecule has 4 rings (SSSR count). The molecule has 2 aliphatic rings. The van der Waals surface area contributed by atoms with Crippen LogP contribution in [0, 0.1) is 0 Å². The van der Waals surface area contributed by atoms with Crippen molar-refractivity contribution in [2.24, 2.45) is 0 Å². The van der Waals surface area contributed by atoms with Gasteiger partial charge in [0, 0.05) is 30.3 Å². The minimum Gasteiger partial charge on any atom is -0.490 e. The Labute approximate surface area is 171 Å². The number of ether oxygens (including phenoxy) is 2. The number of rotatable bonds is 2. The molecule has 2 bridgehead atoms. The normalized spacial score (nSPS) is 24.4. The maximum absolute atomic E-state index is 12.6. The Morgan fingerprint density at radius 3 is 2.50 bits per heavy atom. The molecule has 0 radical (unpaired) electrons. The Hall–Kier alpha value is -2.02. The van der Waals surface area contributed by atoms with Crippen molar-refractivity contribution in [3.05, 3.63) is 39.2 Å². The van der Waals surface area contributed by atoms with Gasteiger partial charge in [0.05, 0.1) is 0 Å². The zero-order valence-electron chi connectivity index (χ0n) is 16.2. The van der Waals surface area contributed by atoms with Crippen molar-refractivity contribution in [1.82, 2.24) is 4.90 Å². The molecule has 3 heterocycles. The van der Waals surface area contributed by atoms with E-state index in [4.69, 9.17) is 13.9 Å². The third-order valence-electron chi connectivity index (χ3n) is 5.26. The summed E-state index contributed by atoms with van der Waals surface area (Å²) in [5.74, 6) is 0.739. The van der Waals surface area contributed by atoms with Crippen LogP contribution in [0.3, 0.4) is 0 Å². The zero-order chi connectivity index (χ0) is 20.1. The first kappa shape index (κ1) is 19.3. The summed E-state index contributed by atoms with van der Waals surface area (Å²) in [6, 6.07) is 7.51. The van der Waals surface area contributed by atoms with Crippen LogP contribution in [0.2, 0.25) is 0 Å². The highest BCUT2D eigenvalue weighted by Gasteiger charge is 2.45. The van der Waals surface area contributed by atoms with E-state index in [-0.39, 0.29) is 24.3 Å². The van der Waals surface area contributed by atoms with E-state index in [1.54, 1.807) is 12.1 Å². The van der Waals surface area contributed by atoms with Gasteiger partial charge in [-0.3, -0.25) is 0 Å². The molecule has 0 aliphatic carbocycles. The highest BCUT2D eigenvalue weighted by Crippen LogP contribution is 2.38. The van der Waals surface area contributed by atoms with Crippen LogP contribution in [0.4, 0.5) is 4.79 Å². The van der Waals surface area contributed by atoms with E-state index in [1.165, 1.54) is 0 Å². The average molecular weight is 450 g/mol. The van der Waals surface area contributed by atoms with E-state index in [1.807, 2.05) is 37.8 Å². The Bertz CT molecular complexity index is 949. The molecule has 2 aromatic rings. The first-order chi connectivity index (χ1) is 13.2. The SMILES string of the molecule is CC(C)(C)OC(=O)N1[C@@H]2CC[C@H]1CC(Oc1ccc3oc(=O)c(Br)cc3c1)C2. The van der Waals surface area contributed by atoms with Crippen molar-refractivity contribution in [2.45, 2.75) is 70.2 Å². The Kier molecular flexibility index (Phi) is 4.89. The minimum absolute atomic E-state index is 0.0489. The van der Waals surface area contributed by atoms with Crippen molar-refractivity contribution in [1.29, 1.82) is 0 Å². The first-order valence-electron chi connectivity index (χ1n) is 9.61. The van der Waals surface area contributed by atoms with Crippen molar-refractivity contribution < 1.29 is 18.7 Å². The molecule has 1 aromatic heterocycles. The number of amides is 1. The standard InChI is InChI=1S/C21H24BrNO5/c1-21(2,3)28-20(25)23-13-4-5-14(23)11-16(10-13)26-15-6-7-18-12(8-15)9-17(22)19(24)27-18/h6-9,13-14,16H,4-5,10-11H2,1-3H3/t13-,14+,16?. The largest absolute Gasteiger partial charge is 0.490 e. The molecular weight excluding hydrogens is 426 g/mol. The van der Waals surface area contributed by atoms with Crippen molar-refractivity contribution in [3.63, 3.8) is 0 Å². The molecule has 0 saturated carbocycles. The van der Waals surface area contributed by atoms with Crippen molar-refractivity contribution in [2.75, 3.05) is 0 Å². The third-order valence-corrected chi connectivity index (χ3v) is 5.81. The van der Waals surface area contributed by atoms with Gasteiger partial charge in [-0.25, -0.2) is 9.59 Å². The van der Waals surface area contributed by atoms with Gasteiger partial charge in [-0.2, -0.15) is 0 Å². The fourth-order valence-corrected chi connectivity index (χ4v) is 4.51. The van der Waals surface area contributed by atoms with Crippen LogP contribution >= 0.6 is 15.9 Å². The number of carbonyl (C=O) groups excluding carboxylic acids is 1. The van der Waals surface area contributed by atoms with E-state index in [9.17, 15) is 9.59 Å². The zero-order valence-corrected chi connectivity index (χ0v) is 17.8. The van der Waals surface area contributed by atoms with Gasteiger partial charge in [0.1, 0.15) is 27.5 Å². The maximum Gasteiger partial charge on any atom is 0.410 e. The quantitative estimate of drug-likeness (QED) is 0.611. The van der Waals surface area contributed by atoms with Gasteiger partial charge in [-0.1, -0.05) is 0 Å². The number of benzene rings is 1. The van der Waals surface area contributed by atoms with Crippen LogP contribution in [-0.2, 0) is 4.74 Å². The fraction of sp³-hybridized carbons (Fsp3) is 0.524. The second-order valence-corrected chi connectivity index (χ2v) is 9.42. The molecule has 2 saturated heterocycles. The highest BCUT2D eigenvalue weighted by molar-refractivity contribution is 9.10. The number of carbonyl (C=O) groups is 1. The number of piperidine rings is 1. The smallest absolute Gasteiger partial charge is 0.410 e. The van der Waals surface area contributed by atoms with Crippen molar-refractivity contribution in [3.8, 4) is 5.75 Å². The predicted molar refractivity (Wildman–Crippen MR) is 109 cm³/mol. The average Bonchev–Trinajstić information content (AvgIpc) is 2.86. The van der Waals surface area contributed by atoms with Gasteiger partial charge in [0.25, 0.3) is 0 Å². The number of halogens is 1. The lowest BCUT2D eigenvalue weighted by atomic mass is 10.00. The highest BCUT2D eigenvalue weighted by atomic mass is 79.9. The van der Waals surface area contributed by atoms with Crippen LogP contribution in [0.5, 0.6) is 5.75 Å². The third kappa shape index (κ3) is 3.90. The monoisotopic (exact) mass is 449 g/mol. The first-order valence-corrected chi connectivity index (χ1v) is 10.4. The van der Waals surface area contributed by atoms with Gasteiger partial charge in [0.2, 0.25) is 0 Å². The summed E-state index contributed by atoms with van der Waals surface area (Å²) < 4.78 is 17.5. The molecule has 3 atom stereocenters. The van der Waals surface area contributed by atoms with E-state index < -0.39 is 11.2 Å². The van der Waals surface area contributed by atoms with E-state index >= 15 is 0 Å². The maximum atomic E-state index is 12.6. The van der Waals surface area contributed by atoms with Crippen LogP contribution in [0.1, 0.15) is 46.5 Å². The van der Waals surface area contributed by atoms with Crippen LogP contribution in [-0.4, -0.2) is 34.8 Å². The molecule has 0 spiro atoms. The van der Waals surface area contributed by atoms with E-state index in [2.05, 4.69) is 15.9 Å². The van der Waals surface area contributed by atoms with Crippen LogP contribution in [0.25, 0.3) is 11.0 Å². The lowest BCUT2D eigenvalue weighted by molar-refractivity contribution is -0.00705. The summed E-state index contributed by atoms with van der Waals surface area (Å²) in [6.07, 6.45) is 3.39. The van der Waals surface area contributed by atoms with Crippen molar-refractivity contribution >= 4 is 33.0 Å². The molecule has 7 heteroatoms. The van der Waals surface area contributed by atoms with Gasteiger partial charge in [-0.15, -0.1) is 0 Å². The second-order valence-electron chi connectivity index (χ2n) is 8.57. The number of hydrogen-bond donors (Lipinski definition) is 0. The fourth-order valence-electron chi connectivity index (χ4n) is 4.18. The minimum atomic E-state index is -0.488. The molecule has 1 aromatic carbocycles. The summed E-state index contributed by atoms with van der Waals surface area (Å²) in [5, 5.41) is 0.804. The molecule has 2 fully saturated rings. The molecule has 1 amide bonds. The summed E-state index contributed by atoms with van der Waals surface area (Å²) in [4.78, 5) is 26.1. The molecule has 2 aliphatic heterocycles. The summed E-state index contributed by atoms with van der Waals surface area (Å²) in [5.41, 5.74) is -0.356. The number of fused-ring (bicyclic) bond motifs is 3. The Morgan fingerprint density at radius 2 is 1.86 bits per heavy atom. The summed E-state index contributed by atoms with van der Waals surface area (Å²) in [7, 11) is 0. The Morgan fingerprint density at radius 1 is 1.18 bits per heavy atom. The van der Waals surface area contributed by atoms with Crippen LogP contribution in [0.15, 0.2) is 37.9 Å². The van der Waals surface area contributed by atoms with Gasteiger partial charge in [0.15, 0.2) is 0 Å².